The molecule has 0 heterocycles. The summed E-state index contributed by atoms with van der Waals surface area (Å²) in [7, 11) is 1.82. The van der Waals surface area contributed by atoms with E-state index in [1.54, 1.807) is 0 Å². The van der Waals surface area contributed by atoms with Crippen LogP contribution in [0.1, 0.15) is 24.1 Å². The van der Waals surface area contributed by atoms with Gasteiger partial charge < -0.3 is 5.11 Å². The van der Waals surface area contributed by atoms with Crippen molar-refractivity contribution >= 4 is 5.97 Å². The number of nitrogens with zero attached hydrogens (tertiary/aromatic N) is 1. The number of likely N-dealkylation sites (N-methyl/N-ethyl adjacent to an activating group) is 1. The van der Waals surface area contributed by atoms with E-state index in [2.05, 4.69) is 0 Å². The van der Waals surface area contributed by atoms with Gasteiger partial charge in [-0.25, -0.2) is 0 Å². The summed E-state index contributed by atoms with van der Waals surface area (Å²) in [5, 5.41) is 8.71. The molecule has 1 rings (SSSR count). The van der Waals surface area contributed by atoms with E-state index in [0.29, 0.717) is 0 Å². The molecule has 0 saturated heterocycles. The molecule has 1 unspecified atom stereocenters. The summed E-state index contributed by atoms with van der Waals surface area (Å²) in [4.78, 5) is 12.4. The molecule has 0 aromatic heterocycles. The minimum atomic E-state index is -0.794. The lowest BCUT2D eigenvalue weighted by atomic mass is 10.0. The normalized spacial score (nSPS) is 12.8. The molecule has 0 spiro atoms. The topological polar surface area (TPSA) is 40.5 Å². The SMILES string of the molecule is Cc1ccccc1C(C)N(C)CC(=O)O. The fourth-order valence-electron chi connectivity index (χ4n) is 1.64. The Morgan fingerprint density at radius 1 is 1.47 bits per heavy atom. The van der Waals surface area contributed by atoms with Crippen LogP contribution in [0.5, 0.6) is 0 Å². The van der Waals surface area contributed by atoms with Crippen molar-refractivity contribution < 1.29 is 9.90 Å². The van der Waals surface area contributed by atoms with Gasteiger partial charge in [0.25, 0.3) is 0 Å². The third kappa shape index (κ3) is 3.06. The lowest BCUT2D eigenvalue weighted by Crippen LogP contribution is -2.28. The lowest BCUT2D eigenvalue weighted by molar-refractivity contribution is -0.138. The van der Waals surface area contributed by atoms with Crippen molar-refractivity contribution in [1.29, 1.82) is 0 Å². The van der Waals surface area contributed by atoms with Crippen LogP contribution in [-0.4, -0.2) is 29.6 Å². The van der Waals surface area contributed by atoms with Crippen LogP contribution in [-0.2, 0) is 4.79 Å². The van der Waals surface area contributed by atoms with Gasteiger partial charge in [-0.2, -0.15) is 0 Å². The number of aryl methyl sites for hydroxylation is 1. The Labute approximate surface area is 90.3 Å². The second-order valence-electron chi connectivity index (χ2n) is 3.84. The van der Waals surface area contributed by atoms with E-state index in [9.17, 15) is 4.79 Å². The number of benzene rings is 1. The van der Waals surface area contributed by atoms with Gasteiger partial charge in [0.05, 0.1) is 6.54 Å². The van der Waals surface area contributed by atoms with E-state index in [4.69, 9.17) is 5.11 Å². The maximum Gasteiger partial charge on any atom is 0.317 e. The van der Waals surface area contributed by atoms with Crippen LogP contribution < -0.4 is 0 Å². The molecule has 0 fully saturated rings. The minimum Gasteiger partial charge on any atom is -0.480 e. The first-order valence-electron chi connectivity index (χ1n) is 5.00. The molecule has 0 aliphatic rings. The van der Waals surface area contributed by atoms with E-state index in [1.807, 2.05) is 50.1 Å². The summed E-state index contributed by atoms with van der Waals surface area (Å²) in [5.74, 6) is -0.794. The van der Waals surface area contributed by atoms with Gasteiger partial charge >= 0.3 is 5.97 Å². The smallest absolute Gasteiger partial charge is 0.317 e. The Hall–Kier alpha value is -1.35. The molecule has 82 valence electrons. The van der Waals surface area contributed by atoms with Crippen LogP contribution in [0.15, 0.2) is 24.3 Å². The molecule has 15 heavy (non-hydrogen) atoms. The molecule has 0 radical (unpaired) electrons. The van der Waals surface area contributed by atoms with Crippen LogP contribution in [0.4, 0.5) is 0 Å². The van der Waals surface area contributed by atoms with Gasteiger partial charge in [-0.15, -0.1) is 0 Å². The Morgan fingerprint density at radius 3 is 2.60 bits per heavy atom. The zero-order chi connectivity index (χ0) is 11.4. The number of carbonyl (C=O) groups is 1. The average Bonchev–Trinajstić information content (AvgIpc) is 2.16. The number of hydrogen-bond acceptors (Lipinski definition) is 2. The number of aliphatic carboxylic acids is 1. The molecule has 0 aliphatic heterocycles. The number of hydrogen-bond donors (Lipinski definition) is 1. The van der Waals surface area contributed by atoms with Crippen molar-refractivity contribution in [2.45, 2.75) is 19.9 Å². The van der Waals surface area contributed by atoms with Crippen molar-refractivity contribution in [2.75, 3.05) is 13.6 Å². The fraction of sp³-hybridized carbons (Fsp3) is 0.417. The van der Waals surface area contributed by atoms with Gasteiger partial charge in [0.1, 0.15) is 0 Å². The summed E-state index contributed by atoms with van der Waals surface area (Å²) in [6.07, 6.45) is 0. The first-order chi connectivity index (χ1) is 7.02. The second-order valence-corrected chi connectivity index (χ2v) is 3.84. The lowest BCUT2D eigenvalue weighted by Gasteiger charge is -2.24. The summed E-state index contributed by atoms with van der Waals surface area (Å²) < 4.78 is 0. The Balaban J connectivity index is 2.80. The molecule has 0 bridgehead atoms. The summed E-state index contributed by atoms with van der Waals surface area (Å²) >= 11 is 0. The fourth-order valence-corrected chi connectivity index (χ4v) is 1.64. The van der Waals surface area contributed by atoms with Gasteiger partial charge in [0, 0.05) is 6.04 Å². The van der Waals surface area contributed by atoms with E-state index < -0.39 is 5.97 Å². The predicted molar refractivity (Wildman–Crippen MR) is 59.9 cm³/mol. The molecule has 1 aromatic rings. The number of rotatable bonds is 4. The van der Waals surface area contributed by atoms with E-state index in [-0.39, 0.29) is 12.6 Å². The maximum atomic E-state index is 10.6. The molecule has 0 amide bonds. The van der Waals surface area contributed by atoms with Crippen molar-refractivity contribution in [2.24, 2.45) is 0 Å². The van der Waals surface area contributed by atoms with Gasteiger partial charge in [-0.1, -0.05) is 24.3 Å². The first-order valence-corrected chi connectivity index (χ1v) is 5.00. The zero-order valence-electron chi connectivity index (χ0n) is 9.40. The van der Waals surface area contributed by atoms with Crippen LogP contribution in [0.3, 0.4) is 0 Å². The van der Waals surface area contributed by atoms with Gasteiger partial charge in [0.15, 0.2) is 0 Å². The zero-order valence-corrected chi connectivity index (χ0v) is 9.40. The minimum absolute atomic E-state index is 0.0650. The summed E-state index contributed by atoms with van der Waals surface area (Å²) in [5.41, 5.74) is 2.38. The van der Waals surface area contributed by atoms with E-state index in [1.165, 1.54) is 11.1 Å². The van der Waals surface area contributed by atoms with Crippen molar-refractivity contribution in [3.8, 4) is 0 Å². The summed E-state index contributed by atoms with van der Waals surface area (Å²) in [6, 6.07) is 8.18. The predicted octanol–water partition coefficient (Wildman–Crippen LogP) is 2.07. The van der Waals surface area contributed by atoms with E-state index >= 15 is 0 Å². The molecular formula is C12H17NO2. The average molecular weight is 207 g/mol. The molecule has 3 heteroatoms. The number of carboxylic acids is 1. The van der Waals surface area contributed by atoms with Crippen LogP contribution in [0.2, 0.25) is 0 Å². The van der Waals surface area contributed by atoms with Crippen molar-refractivity contribution in [3.05, 3.63) is 35.4 Å². The van der Waals surface area contributed by atoms with Gasteiger partial charge in [-0.3, -0.25) is 9.69 Å². The quantitative estimate of drug-likeness (QED) is 0.821. The van der Waals surface area contributed by atoms with Crippen LogP contribution in [0, 0.1) is 6.92 Å². The van der Waals surface area contributed by atoms with Crippen LogP contribution >= 0.6 is 0 Å². The molecular weight excluding hydrogens is 190 g/mol. The molecule has 1 N–H and O–H groups in total. The van der Waals surface area contributed by atoms with Gasteiger partial charge in [0.2, 0.25) is 0 Å². The monoisotopic (exact) mass is 207 g/mol. The Kier molecular flexibility index (Phi) is 3.86. The highest BCUT2D eigenvalue weighted by atomic mass is 16.4. The number of carboxylic acid groups (broad SMARTS) is 1. The molecule has 1 atom stereocenters. The molecule has 3 nitrogen and oxygen atoms in total. The highest BCUT2D eigenvalue weighted by Crippen LogP contribution is 2.21. The highest BCUT2D eigenvalue weighted by Gasteiger charge is 2.15. The third-order valence-corrected chi connectivity index (χ3v) is 2.68. The van der Waals surface area contributed by atoms with E-state index in [0.717, 1.165) is 0 Å². The molecule has 0 aliphatic carbocycles. The largest absolute Gasteiger partial charge is 0.480 e. The highest BCUT2D eigenvalue weighted by molar-refractivity contribution is 5.69. The maximum absolute atomic E-state index is 10.6. The standard InChI is InChI=1S/C12H17NO2/c1-9-6-4-5-7-11(9)10(2)13(3)8-12(14)15/h4-7,10H,8H2,1-3H3,(H,14,15). The second kappa shape index (κ2) is 4.94. The Morgan fingerprint density at radius 2 is 2.07 bits per heavy atom. The van der Waals surface area contributed by atoms with Crippen molar-refractivity contribution in [1.82, 2.24) is 4.90 Å². The van der Waals surface area contributed by atoms with Gasteiger partial charge in [-0.05, 0) is 32.0 Å². The Bertz CT molecular complexity index is 349. The molecule has 0 saturated carbocycles. The van der Waals surface area contributed by atoms with Crippen LogP contribution in [0.25, 0.3) is 0 Å². The molecule has 1 aromatic carbocycles. The third-order valence-electron chi connectivity index (χ3n) is 2.68. The van der Waals surface area contributed by atoms with Crippen molar-refractivity contribution in [3.63, 3.8) is 0 Å². The summed E-state index contributed by atoms with van der Waals surface area (Å²) in [6.45, 7) is 4.13. The first kappa shape index (κ1) is 11.7.